The number of nitrogens with zero attached hydrogens (tertiary/aromatic N) is 3. The van der Waals surface area contributed by atoms with Crippen LogP contribution < -0.4 is 11.1 Å². The van der Waals surface area contributed by atoms with E-state index in [0.717, 1.165) is 19.4 Å². The number of imidazole rings is 1. The molecular formula is C12H19N5O3. The summed E-state index contributed by atoms with van der Waals surface area (Å²) in [5, 5.41) is 14.2. The highest BCUT2D eigenvalue weighted by Gasteiger charge is 2.51. The Morgan fingerprint density at radius 2 is 2.35 bits per heavy atom. The summed E-state index contributed by atoms with van der Waals surface area (Å²) in [5.41, 5.74) is 6.17. The Labute approximate surface area is 116 Å². The molecule has 0 spiro atoms. The van der Waals surface area contributed by atoms with Gasteiger partial charge in [-0.25, -0.2) is 0 Å². The molecule has 2 heterocycles. The van der Waals surface area contributed by atoms with Gasteiger partial charge in [0.05, 0.1) is 12.1 Å². The van der Waals surface area contributed by atoms with Gasteiger partial charge in [-0.05, 0) is 22.7 Å². The monoisotopic (exact) mass is 281 g/mol. The topological polar surface area (TPSA) is 108 Å². The molecule has 1 saturated carbocycles. The van der Waals surface area contributed by atoms with Gasteiger partial charge in [0.1, 0.15) is 0 Å². The molecule has 4 atom stereocenters. The van der Waals surface area contributed by atoms with Crippen LogP contribution in [0.15, 0.2) is 0 Å². The van der Waals surface area contributed by atoms with E-state index in [1.165, 1.54) is 0 Å². The lowest BCUT2D eigenvalue weighted by atomic mass is 9.68. The van der Waals surface area contributed by atoms with Crippen molar-refractivity contribution in [2.24, 2.45) is 18.7 Å². The van der Waals surface area contributed by atoms with Crippen molar-refractivity contribution in [1.29, 1.82) is 0 Å². The highest BCUT2D eigenvalue weighted by Crippen LogP contribution is 2.39. The number of fused-ring (bicyclic) bond motifs is 1. The van der Waals surface area contributed by atoms with Crippen LogP contribution in [0.3, 0.4) is 0 Å². The number of nitrogens with two attached hydrogens (primary N) is 1. The summed E-state index contributed by atoms with van der Waals surface area (Å²) < 4.78 is 7.42. The van der Waals surface area contributed by atoms with Crippen molar-refractivity contribution in [2.75, 3.05) is 11.9 Å². The first kappa shape index (κ1) is 13.3. The quantitative estimate of drug-likeness (QED) is 0.619. The number of rotatable bonds is 3. The lowest BCUT2D eigenvalue weighted by molar-refractivity contribution is -0.388. The van der Waals surface area contributed by atoms with Crippen molar-refractivity contribution in [3.63, 3.8) is 0 Å². The summed E-state index contributed by atoms with van der Waals surface area (Å²) in [6, 6.07) is -0.121. The number of nitrogens with one attached hydrogen (secondary N) is 1. The largest absolute Gasteiger partial charge is 0.406 e. The predicted octanol–water partition coefficient (Wildman–Crippen LogP) is 0.553. The first-order valence-corrected chi connectivity index (χ1v) is 6.82. The zero-order valence-corrected chi connectivity index (χ0v) is 11.6. The van der Waals surface area contributed by atoms with Crippen molar-refractivity contribution in [3.8, 4) is 0 Å². The third-order valence-electron chi connectivity index (χ3n) is 4.45. The second kappa shape index (κ2) is 4.71. The summed E-state index contributed by atoms with van der Waals surface area (Å²) in [6.45, 7) is 2.47. The maximum Gasteiger partial charge on any atom is 0.406 e. The Morgan fingerprint density at radius 1 is 1.60 bits per heavy atom. The lowest BCUT2D eigenvalue weighted by Gasteiger charge is -2.52. The highest BCUT2D eigenvalue weighted by atomic mass is 16.6. The molecule has 0 aromatic carbocycles. The van der Waals surface area contributed by atoms with E-state index in [1.54, 1.807) is 18.5 Å². The average molecular weight is 281 g/mol. The summed E-state index contributed by atoms with van der Waals surface area (Å²) in [4.78, 5) is 14.6. The molecule has 0 bridgehead atoms. The first-order valence-electron chi connectivity index (χ1n) is 6.82. The maximum absolute atomic E-state index is 11.1. The standard InChI is InChI=1S/C12H19N5O3/c1-6-14-12(17(18)19)11(16(6)2)15-9-8(13)7-4-3-5-20-10(7)9/h7-10,15H,3-5,13H2,1-2H3. The van der Waals surface area contributed by atoms with Crippen LogP contribution in [0.25, 0.3) is 0 Å². The number of hydrogen-bond donors (Lipinski definition) is 2. The van der Waals surface area contributed by atoms with E-state index >= 15 is 0 Å². The van der Waals surface area contributed by atoms with Crippen molar-refractivity contribution < 1.29 is 9.66 Å². The van der Waals surface area contributed by atoms with Crippen molar-refractivity contribution in [2.45, 2.75) is 38.0 Å². The molecule has 0 radical (unpaired) electrons. The molecule has 1 aliphatic heterocycles. The van der Waals surface area contributed by atoms with Crippen molar-refractivity contribution >= 4 is 11.6 Å². The summed E-state index contributed by atoms with van der Waals surface area (Å²) >= 11 is 0. The highest BCUT2D eigenvalue weighted by molar-refractivity contribution is 5.55. The average Bonchev–Trinajstić information content (AvgIpc) is 2.72. The van der Waals surface area contributed by atoms with Gasteiger partial charge in [0, 0.05) is 32.5 Å². The Kier molecular flexibility index (Phi) is 3.14. The van der Waals surface area contributed by atoms with E-state index < -0.39 is 4.92 Å². The fourth-order valence-electron chi connectivity index (χ4n) is 3.17. The minimum atomic E-state index is -0.473. The molecule has 8 nitrogen and oxygen atoms in total. The number of aryl methyl sites for hydroxylation is 1. The zero-order chi connectivity index (χ0) is 14.4. The molecule has 1 saturated heterocycles. The summed E-state index contributed by atoms with van der Waals surface area (Å²) in [6.07, 6.45) is 2.15. The molecule has 8 heteroatoms. The molecule has 2 aliphatic rings. The van der Waals surface area contributed by atoms with Crippen LogP contribution in [0, 0.1) is 23.0 Å². The number of ether oxygens (including phenoxy) is 1. The van der Waals surface area contributed by atoms with Crippen LogP contribution in [0.2, 0.25) is 0 Å². The Balaban J connectivity index is 1.83. The molecule has 1 aromatic heterocycles. The Hall–Kier alpha value is -1.67. The van der Waals surface area contributed by atoms with Gasteiger partial charge >= 0.3 is 5.82 Å². The number of anilines is 1. The van der Waals surface area contributed by atoms with E-state index in [1.807, 2.05) is 0 Å². The number of nitro groups is 1. The van der Waals surface area contributed by atoms with Gasteiger partial charge in [-0.15, -0.1) is 0 Å². The van der Waals surface area contributed by atoms with Gasteiger partial charge in [0.15, 0.2) is 0 Å². The van der Waals surface area contributed by atoms with Crippen molar-refractivity contribution in [1.82, 2.24) is 9.55 Å². The Morgan fingerprint density at radius 3 is 3.05 bits per heavy atom. The molecule has 110 valence electrons. The van der Waals surface area contributed by atoms with Crippen LogP contribution in [-0.4, -0.2) is 39.3 Å². The second-order valence-corrected chi connectivity index (χ2v) is 5.54. The minimum absolute atomic E-state index is 0.0323. The van der Waals surface area contributed by atoms with Gasteiger partial charge in [0.2, 0.25) is 11.6 Å². The molecule has 3 rings (SSSR count). The fraction of sp³-hybridized carbons (Fsp3) is 0.750. The maximum atomic E-state index is 11.1. The van der Waals surface area contributed by atoms with E-state index in [-0.39, 0.29) is 24.0 Å². The molecule has 2 fully saturated rings. The van der Waals surface area contributed by atoms with Gasteiger partial charge in [-0.3, -0.25) is 4.57 Å². The zero-order valence-electron chi connectivity index (χ0n) is 11.6. The summed E-state index contributed by atoms with van der Waals surface area (Å²) in [5.74, 6) is 1.19. The molecule has 1 aliphatic carbocycles. The predicted molar refractivity (Wildman–Crippen MR) is 72.4 cm³/mol. The van der Waals surface area contributed by atoms with Crippen LogP contribution in [-0.2, 0) is 11.8 Å². The molecule has 3 N–H and O–H groups in total. The van der Waals surface area contributed by atoms with E-state index in [2.05, 4.69) is 10.3 Å². The van der Waals surface area contributed by atoms with Gasteiger partial charge in [0.25, 0.3) is 0 Å². The molecule has 1 aromatic rings. The summed E-state index contributed by atoms with van der Waals surface area (Å²) in [7, 11) is 1.75. The normalized spacial score (nSPS) is 32.4. The van der Waals surface area contributed by atoms with Crippen LogP contribution in [0.4, 0.5) is 11.6 Å². The van der Waals surface area contributed by atoms with Gasteiger partial charge in [-0.2, -0.15) is 0 Å². The molecule has 4 unspecified atom stereocenters. The molecule has 20 heavy (non-hydrogen) atoms. The second-order valence-electron chi connectivity index (χ2n) is 5.54. The minimum Gasteiger partial charge on any atom is -0.376 e. The van der Waals surface area contributed by atoms with E-state index in [9.17, 15) is 10.1 Å². The lowest BCUT2D eigenvalue weighted by Crippen LogP contribution is -2.69. The van der Waals surface area contributed by atoms with Gasteiger partial charge in [-0.1, -0.05) is 0 Å². The third kappa shape index (κ3) is 1.87. The first-order chi connectivity index (χ1) is 9.50. The number of aromatic nitrogens is 2. The molecule has 0 amide bonds. The molecular weight excluding hydrogens is 262 g/mol. The van der Waals surface area contributed by atoms with E-state index in [4.69, 9.17) is 10.5 Å². The van der Waals surface area contributed by atoms with Crippen LogP contribution in [0.1, 0.15) is 18.7 Å². The number of hydrogen-bond acceptors (Lipinski definition) is 6. The third-order valence-corrected chi connectivity index (χ3v) is 4.45. The fourth-order valence-corrected chi connectivity index (χ4v) is 3.17. The van der Waals surface area contributed by atoms with Crippen LogP contribution >= 0.6 is 0 Å². The Bertz CT molecular complexity index is 543. The van der Waals surface area contributed by atoms with Crippen LogP contribution in [0.5, 0.6) is 0 Å². The smallest absolute Gasteiger partial charge is 0.376 e. The van der Waals surface area contributed by atoms with Crippen molar-refractivity contribution in [3.05, 3.63) is 15.9 Å². The van der Waals surface area contributed by atoms with Gasteiger partial charge < -0.3 is 25.9 Å². The van der Waals surface area contributed by atoms with E-state index in [0.29, 0.717) is 17.6 Å². The SMILES string of the molecule is Cc1nc([N+](=O)[O-])c(NC2C(N)C3CCCOC32)n1C.